The highest BCUT2D eigenvalue weighted by Gasteiger charge is 2.42. The van der Waals surface area contributed by atoms with Gasteiger partial charge in [-0.3, -0.25) is 67.1 Å². The topological polar surface area (TPSA) is 461 Å². The van der Waals surface area contributed by atoms with Gasteiger partial charge in [0.2, 0.25) is 65.0 Å². The van der Waals surface area contributed by atoms with Gasteiger partial charge in [0, 0.05) is 19.6 Å². The molecule has 400 valence electrons. The number of nitrogens with one attached hydrogen (secondary N) is 9. The normalized spacial score (nSPS) is 26.7. The summed E-state index contributed by atoms with van der Waals surface area (Å²) in [5, 5.41) is 58.8. The molecule has 0 radical (unpaired) electrons. The first-order valence-electron chi connectivity index (χ1n) is 23.1. The van der Waals surface area contributed by atoms with Gasteiger partial charge in [-0.25, -0.2) is 0 Å². The smallest absolute Gasteiger partial charge is 0.305 e. The number of carbonyl (C=O) groups is 14. The number of rotatable bonds is 11. The summed E-state index contributed by atoms with van der Waals surface area (Å²) in [6.45, 7) is 0.858. The molecule has 3 saturated heterocycles. The highest BCUT2D eigenvalue weighted by atomic mass is 16.4. The number of aliphatic hydroxyl groups is 1. The summed E-state index contributed by atoms with van der Waals surface area (Å²) in [6.07, 6.45) is -3.15. The predicted octanol–water partition coefficient (Wildman–Crippen LogP) is -7.56. The van der Waals surface area contributed by atoms with Crippen LogP contribution >= 0.6 is 0 Å². The van der Waals surface area contributed by atoms with Gasteiger partial charge in [-0.2, -0.15) is 0 Å². The summed E-state index contributed by atoms with van der Waals surface area (Å²) in [5.74, 6) is -16.7. The van der Waals surface area contributed by atoms with E-state index in [1.165, 1.54) is 4.90 Å². The van der Waals surface area contributed by atoms with Crippen molar-refractivity contribution in [1.82, 2.24) is 57.7 Å². The number of piperidine rings is 1. The number of nitrogens with zero attached hydrogens (tertiary/aromatic N) is 2. The van der Waals surface area contributed by atoms with E-state index >= 15 is 0 Å². The number of carbonyl (C=O) groups excluding carboxylic acids is 11. The highest BCUT2D eigenvalue weighted by Crippen LogP contribution is 2.23. The van der Waals surface area contributed by atoms with Crippen LogP contribution in [0.15, 0.2) is 0 Å². The van der Waals surface area contributed by atoms with E-state index in [2.05, 4.69) is 37.2 Å². The van der Waals surface area contributed by atoms with E-state index < -0.39 is 189 Å². The molecule has 0 aromatic heterocycles. The summed E-state index contributed by atoms with van der Waals surface area (Å²) < 4.78 is 0. The van der Waals surface area contributed by atoms with E-state index in [1.54, 1.807) is 13.8 Å². The molecule has 0 aromatic rings. The molecule has 0 aliphatic carbocycles. The monoisotopic (exact) mass is 1020 g/mol. The van der Waals surface area contributed by atoms with Crippen LogP contribution in [0.3, 0.4) is 0 Å². The van der Waals surface area contributed by atoms with Crippen LogP contribution in [-0.4, -0.2) is 207 Å². The van der Waals surface area contributed by atoms with Crippen LogP contribution in [0.4, 0.5) is 0 Å². The Morgan fingerprint density at radius 3 is 1.58 bits per heavy atom. The van der Waals surface area contributed by atoms with Crippen molar-refractivity contribution in [2.45, 2.75) is 133 Å². The van der Waals surface area contributed by atoms with Crippen molar-refractivity contribution >= 4 is 82.9 Å². The fraction of sp³-hybridized carbons (Fsp3) is 0.667. The van der Waals surface area contributed by atoms with E-state index in [0.29, 0.717) is 25.7 Å². The Bertz CT molecular complexity index is 2110. The number of nitrogens with two attached hydrogens (primary N) is 1. The second-order valence-corrected chi connectivity index (χ2v) is 17.5. The molecule has 0 saturated carbocycles. The number of aliphatic carboxylic acids is 3. The zero-order chi connectivity index (χ0) is 54.0. The van der Waals surface area contributed by atoms with Gasteiger partial charge < -0.3 is 83.8 Å². The minimum Gasteiger partial charge on any atom is -0.481 e. The van der Waals surface area contributed by atoms with E-state index in [9.17, 15) is 87.5 Å². The molecule has 0 aromatic carbocycles. The molecule has 30 heteroatoms. The summed E-state index contributed by atoms with van der Waals surface area (Å²) in [7, 11) is 0. The van der Waals surface area contributed by atoms with Crippen LogP contribution in [-0.2, 0) is 67.1 Å². The summed E-state index contributed by atoms with van der Waals surface area (Å²) in [6, 6.07) is -12.8. The third-order valence-corrected chi connectivity index (χ3v) is 11.9. The zero-order valence-electron chi connectivity index (χ0n) is 39.9. The van der Waals surface area contributed by atoms with Gasteiger partial charge in [0.15, 0.2) is 0 Å². The standard InChI is InChI=1S/C42H64N12O18/c1-4-19(2)33-42(72)54-11-7-9-26(54)38(68)44-15-24(50-35(65)21(43)12-30(59)60)41(71)53-10-6-5-8-25(53)39(69)47-17-28(57)49-22(13-31(61)62)36(66)45-16-27(56)48-23(14-32(63)64)37(67)46-18-29(58)51-34(20(3)55)40(70)52-33/h19-26,33-34,55H,4-18,43H2,1-3H3,(H,44,68)(H,45,66)(H,46,67)(H,47,69)(H,48,56)(H,49,57)(H,50,65)(H,51,58)(H,52,70)(H,59,60)(H,61,62)(H,63,64)/t19-,20-,21-,22-,23-,24-,25-,26-,33-,34-/m0/s1. The Hall–Kier alpha value is -7.50. The molecule has 3 fully saturated rings. The van der Waals surface area contributed by atoms with E-state index in [-0.39, 0.29) is 25.9 Å². The molecule has 15 N–H and O–H groups in total. The molecule has 3 rings (SSSR count). The van der Waals surface area contributed by atoms with Crippen molar-refractivity contribution < 1.29 is 87.5 Å². The van der Waals surface area contributed by atoms with Crippen LogP contribution < -0.4 is 53.6 Å². The Kier molecular flexibility index (Phi) is 22.7. The first-order valence-corrected chi connectivity index (χ1v) is 23.1. The molecule has 3 aliphatic rings. The molecular weight excluding hydrogens is 961 g/mol. The molecule has 0 spiro atoms. The van der Waals surface area contributed by atoms with Gasteiger partial charge in [0.05, 0.1) is 51.0 Å². The predicted molar refractivity (Wildman–Crippen MR) is 242 cm³/mol. The van der Waals surface area contributed by atoms with Gasteiger partial charge in [-0.1, -0.05) is 20.3 Å². The highest BCUT2D eigenvalue weighted by molar-refractivity contribution is 5.99. The quantitative estimate of drug-likeness (QED) is 0.0914. The van der Waals surface area contributed by atoms with Gasteiger partial charge in [0.1, 0.15) is 42.3 Å². The third kappa shape index (κ3) is 17.7. The molecule has 30 nitrogen and oxygen atoms in total. The maximum Gasteiger partial charge on any atom is 0.305 e. The molecular formula is C42H64N12O18. The molecule has 3 heterocycles. The molecule has 11 amide bonds. The van der Waals surface area contributed by atoms with Crippen LogP contribution in [0.5, 0.6) is 0 Å². The molecule has 10 atom stereocenters. The summed E-state index contributed by atoms with van der Waals surface area (Å²) in [4.78, 5) is 185. The van der Waals surface area contributed by atoms with Crippen LogP contribution in [0.2, 0.25) is 0 Å². The van der Waals surface area contributed by atoms with Gasteiger partial charge in [-0.05, 0) is 44.9 Å². The van der Waals surface area contributed by atoms with Gasteiger partial charge in [0.25, 0.3) is 0 Å². The molecule has 0 bridgehead atoms. The maximum absolute atomic E-state index is 14.3. The average molecular weight is 1030 g/mol. The van der Waals surface area contributed by atoms with E-state index in [4.69, 9.17) is 5.73 Å². The molecule has 3 aliphatic heterocycles. The minimum absolute atomic E-state index is 0.0120. The Morgan fingerprint density at radius 1 is 0.611 bits per heavy atom. The van der Waals surface area contributed by atoms with Crippen molar-refractivity contribution in [2.24, 2.45) is 11.7 Å². The first-order chi connectivity index (χ1) is 33.8. The van der Waals surface area contributed by atoms with Crippen molar-refractivity contribution in [3.63, 3.8) is 0 Å². The summed E-state index contributed by atoms with van der Waals surface area (Å²) >= 11 is 0. The van der Waals surface area contributed by atoms with Crippen molar-refractivity contribution in [2.75, 3.05) is 39.3 Å². The molecule has 72 heavy (non-hydrogen) atoms. The summed E-state index contributed by atoms with van der Waals surface area (Å²) in [5.41, 5.74) is 5.79. The van der Waals surface area contributed by atoms with Crippen LogP contribution in [0.1, 0.15) is 78.6 Å². The maximum atomic E-state index is 14.3. The number of carboxylic acid groups (broad SMARTS) is 3. The number of fused-ring (bicyclic) bond motifs is 2. The van der Waals surface area contributed by atoms with Gasteiger partial charge in [-0.15, -0.1) is 0 Å². The third-order valence-electron chi connectivity index (χ3n) is 11.9. The van der Waals surface area contributed by atoms with Crippen molar-refractivity contribution in [1.29, 1.82) is 0 Å². The number of carboxylic acids is 3. The second-order valence-electron chi connectivity index (χ2n) is 17.5. The van der Waals surface area contributed by atoms with Crippen molar-refractivity contribution in [3.8, 4) is 0 Å². The largest absolute Gasteiger partial charge is 0.481 e. The zero-order valence-corrected chi connectivity index (χ0v) is 39.9. The Labute approximate surface area is 411 Å². The lowest BCUT2D eigenvalue weighted by Crippen LogP contribution is -2.62. The number of hydrogen-bond acceptors (Lipinski definition) is 16. The van der Waals surface area contributed by atoms with E-state index in [1.807, 2.05) is 10.6 Å². The van der Waals surface area contributed by atoms with Gasteiger partial charge >= 0.3 is 17.9 Å². The Morgan fingerprint density at radius 2 is 1.08 bits per heavy atom. The second kappa shape index (κ2) is 27.8. The number of amides is 11. The first kappa shape index (κ1) is 58.8. The van der Waals surface area contributed by atoms with Crippen LogP contribution in [0, 0.1) is 5.92 Å². The fourth-order valence-electron chi connectivity index (χ4n) is 7.91. The fourth-order valence-corrected chi connectivity index (χ4v) is 7.91. The average Bonchev–Trinajstić information content (AvgIpc) is 3.82. The van der Waals surface area contributed by atoms with Crippen LogP contribution in [0.25, 0.3) is 0 Å². The lowest BCUT2D eigenvalue weighted by molar-refractivity contribution is -0.146. The molecule has 0 unspecified atom stereocenters. The van der Waals surface area contributed by atoms with E-state index in [0.717, 1.165) is 11.8 Å². The lowest BCUT2D eigenvalue weighted by atomic mass is 9.96. The Balaban J connectivity index is 2.04. The van der Waals surface area contributed by atoms with Crippen molar-refractivity contribution in [3.05, 3.63) is 0 Å². The number of aliphatic hydroxyl groups excluding tert-OH is 1. The minimum atomic E-state index is -1.88. The lowest BCUT2D eigenvalue weighted by Gasteiger charge is -2.37. The SMILES string of the molecule is CC[C@H](C)[C@@H]1NC(=O)[C@H]([C@H](C)O)NC(=O)CNC(=O)[C@H](CC(=O)O)NC(=O)CNC(=O)[C@H](CC(=O)O)NC(=O)CNC(=O)[C@@H]2CCCCN2C(=O)[C@@H](NC(=O)[C@@H](N)CC(=O)O)CNC(=O)[C@@H]2CCCN2C1=O. The number of hydrogen-bond donors (Lipinski definition) is 14.